The summed E-state index contributed by atoms with van der Waals surface area (Å²) in [6, 6.07) is 8.31. The lowest BCUT2D eigenvalue weighted by Gasteiger charge is -2.05. The van der Waals surface area contributed by atoms with E-state index in [0.29, 0.717) is 11.3 Å². The van der Waals surface area contributed by atoms with Gasteiger partial charge in [-0.1, -0.05) is 6.07 Å². The van der Waals surface area contributed by atoms with E-state index in [1.165, 1.54) is 6.07 Å². The number of nitrogens with one attached hydrogen (secondary N) is 1. The number of amides is 1. The second-order valence-electron chi connectivity index (χ2n) is 3.13. The van der Waals surface area contributed by atoms with Gasteiger partial charge in [0.15, 0.2) is 0 Å². The van der Waals surface area contributed by atoms with Crippen molar-refractivity contribution in [3.63, 3.8) is 0 Å². The number of nitriles is 1. The fraction of sp³-hybridized carbons (Fsp3) is 0.182. The van der Waals surface area contributed by atoms with Gasteiger partial charge in [0.25, 0.3) is 0 Å². The molecule has 2 N–H and O–H groups in total. The normalized spacial score (nSPS) is 9.35. The Labute approximate surface area is 97.4 Å². The molecule has 0 unspecified atom stereocenters. The minimum atomic E-state index is -1.13. The molecule has 1 aromatic rings. The van der Waals surface area contributed by atoms with Crippen LogP contribution in [0, 0.1) is 11.3 Å². The van der Waals surface area contributed by atoms with Crippen LogP contribution in [-0.2, 0) is 14.3 Å². The summed E-state index contributed by atoms with van der Waals surface area (Å²) in [5, 5.41) is 19.4. The molecule has 6 heteroatoms. The van der Waals surface area contributed by atoms with Crippen LogP contribution >= 0.6 is 0 Å². The van der Waals surface area contributed by atoms with Crippen molar-refractivity contribution in [1.29, 1.82) is 5.26 Å². The molecule has 0 aromatic heterocycles. The Kier molecular flexibility index (Phi) is 4.66. The molecule has 0 aliphatic carbocycles. The number of hydrogen-bond acceptors (Lipinski definition) is 4. The molecule has 0 saturated heterocycles. The minimum Gasteiger partial charge on any atom is -0.480 e. The molecule has 0 atom stereocenters. The van der Waals surface area contributed by atoms with Crippen LogP contribution in [0.3, 0.4) is 0 Å². The fourth-order valence-corrected chi connectivity index (χ4v) is 1.09. The summed E-state index contributed by atoms with van der Waals surface area (Å²) < 4.78 is 4.61. The highest BCUT2D eigenvalue weighted by molar-refractivity contribution is 5.91. The van der Waals surface area contributed by atoms with Crippen LogP contribution in [0.2, 0.25) is 0 Å². The van der Waals surface area contributed by atoms with Gasteiger partial charge in [-0.2, -0.15) is 5.26 Å². The van der Waals surface area contributed by atoms with E-state index < -0.39 is 18.5 Å². The van der Waals surface area contributed by atoms with Crippen molar-refractivity contribution in [2.75, 3.05) is 18.5 Å². The van der Waals surface area contributed by atoms with Crippen LogP contribution < -0.4 is 5.32 Å². The molecule has 0 fully saturated rings. The predicted molar refractivity (Wildman–Crippen MR) is 58.2 cm³/mol. The topological polar surface area (TPSA) is 99.4 Å². The molecule has 17 heavy (non-hydrogen) atoms. The van der Waals surface area contributed by atoms with E-state index in [1.807, 2.05) is 6.07 Å². The SMILES string of the molecule is N#Cc1cccc(NC(=O)COCC(=O)O)c1. The average molecular weight is 234 g/mol. The summed E-state index contributed by atoms with van der Waals surface area (Å²) in [5.41, 5.74) is 0.891. The van der Waals surface area contributed by atoms with Crippen LogP contribution in [0.5, 0.6) is 0 Å². The highest BCUT2D eigenvalue weighted by atomic mass is 16.5. The number of carbonyl (C=O) groups excluding carboxylic acids is 1. The maximum atomic E-state index is 11.3. The first-order chi connectivity index (χ1) is 8.11. The van der Waals surface area contributed by atoms with E-state index in [9.17, 15) is 9.59 Å². The molecule has 0 bridgehead atoms. The number of ether oxygens (including phenoxy) is 1. The lowest BCUT2D eigenvalue weighted by Crippen LogP contribution is -2.20. The summed E-state index contributed by atoms with van der Waals surface area (Å²) in [6.07, 6.45) is 0. The summed E-state index contributed by atoms with van der Waals surface area (Å²) in [5.74, 6) is -1.61. The largest absolute Gasteiger partial charge is 0.480 e. The zero-order valence-corrected chi connectivity index (χ0v) is 8.84. The van der Waals surface area contributed by atoms with Crippen LogP contribution in [0.1, 0.15) is 5.56 Å². The summed E-state index contributed by atoms with van der Waals surface area (Å²) in [6.45, 7) is -0.866. The van der Waals surface area contributed by atoms with Gasteiger partial charge in [-0.15, -0.1) is 0 Å². The third kappa shape index (κ3) is 4.77. The van der Waals surface area contributed by atoms with Crippen molar-refractivity contribution < 1.29 is 19.4 Å². The highest BCUT2D eigenvalue weighted by Gasteiger charge is 2.04. The maximum absolute atomic E-state index is 11.3. The van der Waals surface area contributed by atoms with E-state index >= 15 is 0 Å². The fourth-order valence-electron chi connectivity index (χ4n) is 1.09. The molecular weight excluding hydrogens is 224 g/mol. The molecule has 88 valence electrons. The van der Waals surface area contributed by atoms with E-state index in [0.717, 1.165) is 0 Å². The summed E-state index contributed by atoms with van der Waals surface area (Å²) in [7, 11) is 0. The van der Waals surface area contributed by atoms with Crippen molar-refractivity contribution in [2.45, 2.75) is 0 Å². The second kappa shape index (κ2) is 6.25. The van der Waals surface area contributed by atoms with Crippen molar-refractivity contribution in [3.8, 4) is 6.07 Å². The zero-order valence-electron chi connectivity index (χ0n) is 8.84. The Balaban J connectivity index is 2.45. The molecule has 0 saturated carbocycles. The molecule has 0 aliphatic heterocycles. The number of anilines is 1. The third-order valence-electron chi connectivity index (χ3n) is 1.73. The van der Waals surface area contributed by atoms with Gasteiger partial charge in [0.1, 0.15) is 13.2 Å². The number of carboxylic acids is 1. The Bertz CT molecular complexity index is 465. The van der Waals surface area contributed by atoms with Gasteiger partial charge in [-0.3, -0.25) is 4.79 Å². The molecule has 0 spiro atoms. The Hall–Kier alpha value is -2.39. The molecule has 1 aromatic carbocycles. The first-order valence-electron chi connectivity index (χ1n) is 4.71. The highest BCUT2D eigenvalue weighted by Crippen LogP contribution is 2.09. The first-order valence-corrected chi connectivity index (χ1v) is 4.71. The van der Waals surface area contributed by atoms with Crippen LogP contribution in [0.4, 0.5) is 5.69 Å². The second-order valence-corrected chi connectivity index (χ2v) is 3.13. The van der Waals surface area contributed by atoms with Gasteiger partial charge < -0.3 is 15.2 Å². The van der Waals surface area contributed by atoms with Gasteiger partial charge in [0.2, 0.25) is 5.91 Å². The van der Waals surface area contributed by atoms with E-state index in [-0.39, 0.29) is 6.61 Å². The maximum Gasteiger partial charge on any atom is 0.329 e. The molecule has 1 rings (SSSR count). The molecule has 1 amide bonds. The predicted octanol–water partition coefficient (Wildman–Crippen LogP) is 0.598. The molecular formula is C11H10N2O4. The van der Waals surface area contributed by atoms with Crippen LogP contribution in [0.25, 0.3) is 0 Å². The van der Waals surface area contributed by atoms with Gasteiger partial charge in [0, 0.05) is 5.69 Å². The van der Waals surface area contributed by atoms with Crippen molar-refractivity contribution >= 4 is 17.6 Å². The Morgan fingerprint density at radius 2 is 2.18 bits per heavy atom. The van der Waals surface area contributed by atoms with Crippen molar-refractivity contribution in [2.24, 2.45) is 0 Å². The number of carboxylic acid groups (broad SMARTS) is 1. The number of nitrogens with zero attached hydrogens (tertiary/aromatic N) is 1. The standard InChI is InChI=1S/C11H10N2O4/c12-5-8-2-1-3-9(4-8)13-10(14)6-17-7-11(15)16/h1-4H,6-7H2,(H,13,14)(H,15,16). The summed E-state index contributed by atoms with van der Waals surface area (Å²) >= 11 is 0. The average Bonchev–Trinajstić information content (AvgIpc) is 2.28. The molecule has 0 heterocycles. The minimum absolute atomic E-state index is 0.344. The number of hydrogen-bond donors (Lipinski definition) is 2. The smallest absolute Gasteiger partial charge is 0.329 e. The molecule has 6 nitrogen and oxygen atoms in total. The number of aliphatic carboxylic acids is 1. The molecule has 0 aliphatic rings. The lowest BCUT2D eigenvalue weighted by atomic mass is 10.2. The quantitative estimate of drug-likeness (QED) is 0.777. The first kappa shape index (κ1) is 12.7. The van der Waals surface area contributed by atoms with Gasteiger partial charge in [0.05, 0.1) is 11.6 Å². The third-order valence-corrected chi connectivity index (χ3v) is 1.73. The van der Waals surface area contributed by atoms with Crippen LogP contribution in [0.15, 0.2) is 24.3 Å². The molecule has 0 radical (unpaired) electrons. The summed E-state index contributed by atoms with van der Waals surface area (Å²) in [4.78, 5) is 21.4. The number of carbonyl (C=O) groups is 2. The van der Waals surface area contributed by atoms with E-state index in [1.54, 1.807) is 18.2 Å². The van der Waals surface area contributed by atoms with E-state index in [4.69, 9.17) is 10.4 Å². The van der Waals surface area contributed by atoms with Crippen molar-refractivity contribution in [3.05, 3.63) is 29.8 Å². The lowest BCUT2D eigenvalue weighted by molar-refractivity contribution is -0.143. The number of rotatable bonds is 5. The monoisotopic (exact) mass is 234 g/mol. The number of benzene rings is 1. The van der Waals surface area contributed by atoms with Gasteiger partial charge in [-0.25, -0.2) is 4.79 Å². The van der Waals surface area contributed by atoms with Crippen molar-refractivity contribution in [1.82, 2.24) is 0 Å². The van der Waals surface area contributed by atoms with Gasteiger partial charge in [-0.05, 0) is 18.2 Å². The zero-order chi connectivity index (χ0) is 12.7. The van der Waals surface area contributed by atoms with E-state index in [2.05, 4.69) is 10.1 Å². The Morgan fingerprint density at radius 1 is 1.41 bits per heavy atom. The van der Waals surface area contributed by atoms with Gasteiger partial charge >= 0.3 is 5.97 Å². The van der Waals surface area contributed by atoms with Crippen LogP contribution in [-0.4, -0.2) is 30.2 Å². The Morgan fingerprint density at radius 3 is 2.82 bits per heavy atom.